The van der Waals surface area contributed by atoms with E-state index in [1.165, 1.54) is 5.56 Å². The number of hydrogen-bond donors (Lipinski definition) is 1. The van der Waals surface area contributed by atoms with Gasteiger partial charge in [0.1, 0.15) is 5.82 Å². The number of anilines is 1. The van der Waals surface area contributed by atoms with Gasteiger partial charge in [-0.05, 0) is 42.3 Å². The molecule has 0 saturated carbocycles. The Balaban J connectivity index is 2.06. The first-order valence-corrected chi connectivity index (χ1v) is 7.54. The van der Waals surface area contributed by atoms with Crippen LogP contribution in [0.3, 0.4) is 0 Å². The van der Waals surface area contributed by atoms with E-state index < -0.39 is 0 Å². The standard InChI is InChI=1S/C17H18ClN3/c1-2-8-21-16-11-13(18)6-7-15(16)20-17(21)10-12-4-3-5-14(19)9-12/h3-7,9,11H,2,8,10,19H2,1H3. The van der Waals surface area contributed by atoms with Crippen LogP contribution in [0, 0.1) is 0 Å². The van der Waals surface area contributed by atoms with E-state index in [0.29, 0.717) is 0 Å². The molecule has 0 saturated heterocycles. The fourth-order valence-electron chi connectivity index (χ4n) is 2.64. The molecule has 0 amide bonds. The molecule has 2 N–H and O–H groups in total. The van der Waals surface area contributed by atoms with E-state index in [1.54, 1.807) is 0 Å². The lowest BCUT2D eigenvalue weighted by molar-refractivity contribution is 0.664. The number of aromatic nitrogens is 2. The van der Waals surface area contributed by atoms with E-state index >= 15 is 0 Å². The SMILES string of the molecule is CCCn1c(Cc2cccc(N)c2)nc2ccc(Cl)cc21. The van der Waals surface area contributed by atoms with Gasteiger partial charge in [0.25, 0.3) is 0 Å². The molecule has 3 aromatic rings. The Morgan fingerprint density at radius 2 is 2.05 bits per heavy atom. The predicted molar refractivity (Wildman–Crippen MR) is 88.7 cm³/mol. The van der Waals surface area contributed by atoms with E-state index in [2.05, 4.69) is 17.6 Å². The van der Waals surface area contributed by atoms with Crippen molar-refractivity contribution in [2.75, 3.05) is 5.73 Å². The maximum Gasteiger partial charge on any atom is 0.114 e. The third kappa shape index (κ3) is 2.88. The summed E-state index contributed by atoms with van der Waals surface area (Å²) < 4.78 is 2.25. The van der Waals surface area contributed by atoms with Gasteiger partial charge in [-0.15, -0.1) is 0 Å². The molecule has 108 valence electrons. The zero-order chi connectivity index (χ0) is 14.8. The first-order chi connectivity index (χ1) is 10.2. The molecule has 0 aliphatic rings. The Kier molecular flexibility index (Phi) is 3.84. The molecule has 0 radical (unpaired) electrons. The van der Waals surface area contributed by atoms with Crippen molar-refractivity contribution in [1.82, 2.24) is 9.55 Å². The van der Waals surface area contributed by atoms with Gasteiger partial charge in [-0.1, -0.05) is 30.7 Å². The van der Waals surface area contributed by atoms with Crippen molar-refractivity contribution >= 4 is 28.3 Å². The fourth-order valence-corrected chi connectivity index (χ4v) is 2.81. The molecular weight excluding hydrogens is 282 g/mol. The lowest BCUT2D eigenvalue weighted by Crippen LogP contribution is -2.04. The Labute approximate surface area is 129 Å². The smallest absolute Gasteiger partial charge is 0.114 e. The minimum Gasteiger partial charge on any atom is -0.399 e. The van der Waals surface area contributed by atoms with Gasteiger partial charge in [0.15, 0.2) is 0 Å². The molecule has 2 aromatic carbocycles. The Morgan fingerprint density at radius 1 is 1.19 bits per heavy atom. The van der Waals surface area contributed by atoms with E-state index in [-0.39, 0.29) is 0 Å². The molecule has 3 nitrogen and oxygen atoms in total. The van der Waals surface area contributed by atoms with Crippen LogP contribution in [0.1, 0.15) is 24.7 Å². The summed E-state index contributed by atoms with van der Waals surface area (Å²) in [5.41, 5.74) is 9.91. The largest absolute Gasteiger partial charge is 0.399 e. The van der Waals surface area contributed by atoms with Crippen molar-refractivity contribution < 1.29 is 0 Å². The van der Waals surface area contributed by atoms with E-state index in [9.17, 15) is 0 Å². The van der Waals surface area contributed by atoms with Gasteiger partial charge in [0.2, 0.25) is 0 Å². The topological polar surface area (TPSA) is 43.8 Å². The van der Waals surface area contributed by atoms with Gasteiger partial charge >= 0.3 is 0 Å². The second-order valence-electron chi connectivity index (χ2n) is 5.23. The Morgan fingerprint density at radius 3 is 2.81 bits per heavy atom. The summed E-state index contributed by atoms with van der Waals surface area (Å²) in [4.78, 5) is 4.76. The lowest BCUT2D eigenvalue weighted by atomic mass is 10.1. The number of hydrogen-bond acceptors (Lipinski definition) is 2. The highest BCUT2D eigenvalue weighted by atomic mass is 35.5. The molecule has 3 rings (SSSR count). The minimum atomic E-state index is 0.746. The van der Waals surface area contributed by atoms with Crippen molar-refractivity contribution in [3.05, 3.63) is 58.9 Å². The Hall–Kier alpha value is -2.00. The van der Waals surface area contributed by atoms with Crippen LogP contribution in [0.5, 0.6) is 0 Å². The maximum absolute atomic E-state index is 6.12. The van der Waals surface area contributed by atoms with E-state index in [0.717, 1.165) is 47.0 Å². The number of benzene rings is 2. The summed E-state index contributed by atoms with van der Waals surface area (Å²) in [6.45, 7) is 3.11. The minimum absolute atomic E-state index is 0.746. The van der Waals surface area contributed by atoms with Gasteiger partial charge < -0.3 is 10.3 Å². The number of nitrogens with zero attached hydrogens (tertiary/aromatic N) is 2. The van der Waals surface area contributed by atoms with Crippen LogP contribution in [-0.4, -0.2) is 9.55 Å². The zero-order valence-corrected chi connectivity index (χ0v) is 12.8. The van der Waals surface area contributed by atoms with Gasteiger partial charge in [0, 0.05) is 23.7 Å². The predicted octanol–water partition coefficient (Wildman–Crippen LogP) is 4.27. The first kappa shape index (κ1) is 14.0. The molecule has 0 unspecified atom stereocenters. The van der Waals surface area contributed by atoms with Crippen LogP contribution in [-0.2, 0) is 13.0 Å². The zero-order valence-electron chi connectivity index (χ0n) is 12.0. The van der Waals surface area contributed by atoms with Crippen LogP contribution < -0.4 is 5.73 Å². The van der Waals surface area contributed by atoms with Crippen LogP contribution in [0.25, 0.3) is 11.0 Å². The first-order valence-electron chi connectivity index (χ1n) is 7.16. The van der Waals surface area contributed by atoms with Gasteiger partial charge in [-0.25, -0.2) is 4.98 Å². The second kappa shape index (κ2) is 5.78. The normalized spacial score (nSPS) is 11.1. The quantitative estimate of drug-likeness (QED) is 0.731. The molecule has 0 fully saturated rings. The summed E-state index contributed by atoms with van der Waals surface area (Å²) in [6, 6.07) is 13.8. The van der Waals surface area contributed by atoms with Crippen LogP contribution in [0.15, 0.2) is 42.5 Å². The highest BCUT2D eigenvalue weighted by molar-refractivity contribution is 6.31. The van der Waals surface area contributed by atoms with Crippen molar-refractivity contribution in [1.29, 1.82) is 0 Å². The van der Waals surface area contributed by atoms with Crippen molar-refractivity contribution in [2.45, 2.75) is 26.3 Å². The molecule has 21 heavy (non-hydrogen) atoms. The van der Waals surface area contributed by atoms with Gasteiger partial charge in [-0.2, -0.15) is 0 Å². The summed E-state index contributed by atoms with van der Waals surface area (Å²) in [6.07, 6.45) is 1.83. The van der Waals surface area contributed by atoms with Crippen molar-refractivity contribution in [3.8, 4) is 0 Å². The summed E-state index contributed by atoms with van der Waals surface area (Å²) in [5, 5.41) is 0.746. The molecule has 0 spiro atoms. The molecule has 0 bridgehead atoms. The summed E-state index contributed by atoms with van der Waals surface area (Å²) in [7, 11) is 0. The van der Waals surface area contributed by atoms with E-state index in [1.807, 2.05) is 36.4 Å². The maximum atomic E-state index is 6.12. The monoisotopic (exact) mass is 299 g/mol. The van der Waals surface area contributed by atoms with Gasteiger partial charge in [0.05, 0.1) is 11.0 Å². The number of aryl methyl sites for hydroxylation is 1. The number of imidazole rings is 1. The molecule has 0 atom stereocenters. The average molecular weight is 300 g/mol. The van der Waals surface area contributed by atoms with E-state index in [4.69, 9.17) is 22.3 Å². The van der Waals surface area contributed by atoms with Crippen LogP contribution in [0.4, 0.5) is 5.69 Å². The summed E-state index contributed by atoms with van der Waals surface area (Å²) >= 11 is 6.12. The second-order valence-corrected chi connectivity index (χ2v) is 5.67. The Bertz CT molecular complexity index is 777. The van der Waals surface area contributed by atoms with Crippen LogP contribution >= 0.6 is 11.6 Å². The molecular formula is C17H18ClN3. The molecule has 4 heteroatoms. The van der Waals surface area contributed by atoms with Crippen molar-refractivity contribution in [2.24, 2.45) is 0 Å². The lowest BCUT2D eigenvalue weighted by Gasteiger charge is -2.08. The number of fused-ring (bicyclic) bond motifs is 1. The highest BCUT2D eigenvalue weighted by Gasteiger charge is 2.11. The van der Waals surface area contributed by atoms with Crippen LogP contribution in [0.2, 0.25) is 5.02 Å². The number of halogens is 1. The molecule has 1 heterocycles. The third-order valence-corrected chi connectivity index (χ3v) is 3.78. The number of rotatable bonds is 4. The van der Waals surface area contributed by atoms with Gasteiger partial charge in [-0.3, -0.25) is 0 Å². The third-order valence-electron chi connectivity index (χ3n) is 3.55. The molecule has 0 aliphatic carbocycles. The fraction of sp³-hybridized carbons (Fsp3) is 0.235. The highest BCUT2D eigenvalue weighted by Crippen LogP contribution is 2.23. The average Bonchev–Trinajstić information content (AvgIpc) is 2.77. The summed E-state index contributed by atoms with van der Waals surface area (Å²) in [5.74, 6) is 1.06. The number of nitrogens with two attached hydrogens (primary N) is 1. The van der Waals surface area contributed by atoms with Crippen molar-refractivity contribution in [3.63, 3.8) is 0 Å². The number of nitrogen functional groups attached to an aromatic ring is 1. The molecule has 1 aromatic heterocycles. The molecule has 0 aliphatic heterocycles.